The molecule has 0 amide bonds. The number of hydrogen-bond donors (Lipinski definition) is 1. The van der Waals surface area contributed by atoms with Crippen molar-refractivity contribution in [3.05, 3.63) is 34.1 Å². The third-order valence-corrected chi connectivity index (χ3v) is 5.00. The van der Waals surface area contributed by atoms with Crippen molar-refractivity contribution < 1.29 is 17.7 Å². The number of hydrogen-bond acceptors (Lipinski definition) is 5. The minimum absolute atomic E-state index is 0. The second-order valence-corrected chi connectivity index (χ2v) is 6.44. The fraction of sp³-hybridized carbons (Fsp3) is 0.455. The molecule has 1 heterocycles. The Balaban J connectivity index is 0.00000220. The molecule has 0 bridgehead atoms. The quantitative estimate of drug-likeness (QED) is 0.658. The average molecular weight is 340 g/mol. The maximum Gasteiger partial charge on any atom is 0.292 e. The fourth-order valence-electron chi connectivity index (χ4n) is 2.14. The predicted octanol–water partition coefficient (Wildman–Crippen LogP) is 1.14. The van der Waals surface area contributed by atoms with Crippen molar-refractivity contribution in [3.8, 4) is 0 Å². The number of rotatable bonds is 3. The molecule has 2 rings (SSSR count). The van der Waals surface area contributed by atoms with Crippen LogP contribution in [0.25, 0.3) is 0 Å². The summed E-state index contributed by atoms with van der Waals surface area (Å²) in [6.45, 7) is 2.51. The van der Waals surface area contributed by atoms with E-state index < -0.39 is 31.3 Å². The largest absolute Gasteiger partial charge is 0.312 e. The summed E-state index contributed by atoms with van der Waals surface area (Å²) in [7, 11) is -4.22. The highest BCUT2D eigenvalue weighted by Crippen LogP contribution is 2.29. The van der Waals surface area contributed by atoms with E-state index >= 15 is 0 Å². The monoisotopic (exact) mass is 339 g/mol. The van der Waals surface area contributed by atoms with Crippen LogP contribution in [0.15, 0.2) is 23.1 Å². The van der Waals surface area contributed by atoms with Crippen LogP contribution in [-0.4, -0.2) is 43.3 Å². The summed E-state index contributed by atoms with van der Waals surface area (Å²) >= 11 is 0. The topological polar surface area (TPSA) is 92.5 Å². The summed E-state index contributed by atoms with van der Waals surface area (Å²) in [6.07, 6.45) is 0. The summed E-state index contributed by atoms with van der Waals surface area (Å²) in [6, 6.07) is 2.92. The predicted molar refractivity (Wildman–Crippen MR) is 76.5 cm³/mol. The number of nitro groups is 1. The molecule has 0 aromatic heterocycles. The third-order valence-electron chi connectivity index (χ3n) is 3.07. The summed E-state index contributed by atoms with van der Waals surface area (Å²) < 4.78 is 39.8. The number of nitrogens with zero attached hydrogens (tertiary/aromatic N) is 2. The van der Waals surface area contributed by atoms with E-state index in [9.17, 15) is 22.9 Å². The molecule has 0 radical (unpaired) electrons. The van der Waals surface area contributed by atoms with Gasteiger partial charge in [0, 0.05) is 31.7 Å². The van der Waals surface area contributed by atoms with Gasteiger partial charge in [0.15, 0.2) is 4.90 Å². The van der Waals surface area contributed by atoms with Gasteiger partial charge in [-0.1, -0.05) is 6.07 Å². The maximum atomic E-state index is 13.8. The molecule has 118 valence electrons. The highest BCUT2D eigenvalue weighted by Gasteiger charge is 2.36. The van der Waals surface area contributed by atoms with Crippen molar-refractivity contribution in [2.75, 3.05) is 19.6 Å². The molecule has 10 heteroatoms. The van der Waals surface area contributed by atoms with E-state index in [0.717, 1.165) is 22.5 Å². The lowest BCUT2D eigenvalue weighted by atomic mass is 10.3. The van der Waals surface area contributed by atoms with Crippen LogP contribution in [-0.2, 0) is 10.0 Å². The minimum atomic E-state index is -4.22. The number of nitrogens with one attached hydrogen (secondary N) is 1. The number of benzene rings is 1. The smallest absolute Gasteiger partial charge is 0.292 e. The molecule has 0 spiro atoms. The third kappa shape index (κ3) is 3.49. The summed E-state index contributed by atoms with van der Waals surface area (Å²) in [5.74, 6) is -1.11. The first-order chi connectivity index (χ1) is 9.34. The highest BCUT2D eigenvalue weighted by atomic mass is 35.5. The van der Waals surface area contributed by atoms with Gasteiger partial charge in [-0.25, -0.2) is 12.8 Å². The van der Waals surface area contributed by atoms with Crippen LogP contribution < -0.4 is 5.32 Å². The van der Waals surface area contributed by atoms with Gasteiger partial charge < -0.3 is 5.32 Å². The van der Waals surface area contributed by atoms with Gasteiger partial charge in [0.05, 0.1) is 4.92 Å². The standard InChI is InChI=1S/C11H14FN3O4S.ClH/c1-8-7-14(6-5-13-8)20(18,19)11-9(12)3-2-4-10(11)15(16)17;/h2-4,8,13H,5-7H2,1H3;1H. The van der Waals surface area contributed by atoms with Crippen LogP contribution in [0.3, 0.4) is 0 Å². The normalized spacial score (nSPS) is 19.8. The van der Waals surface area contributed by atoms with E-state index in [0.29, 0.717) is 6.54 Å². The molecule has 1 atom stereocenters. The van der Waals surface area contributed by atoms with E-state index in [1.807, 2.05) is 0 Å². The van der Waals surface area contributed by atoms with Crippen molar-refractivity contribution in [2.45, 2.75) is 17.9 Å². The van der Waals surface area contributed by atoms with Crippen LogP contribution >= 0.6 is 12.4 Å². The van der Waals surface area contributed by atoms with E-state index in [2.05, 4.69) is 5.32 Å². The molecule has 21 heavy (non-hydrogen) atoms. The van der Waals surface area contributed by atoms with Gasteiger partial charge in [-0.05, 0) is 13.0 Å². The summed E-state index contributed by atoms with van der Waals surface area (Å²) in [4.78, 5) is 9.16. The molecule has 1 fully saturated rings. The van der Waals surface area contributed by atoms with Gasteiger partial charge in [-0.15, -0.1) is 12.4 Å². The van der Waals surface area contributed by atoms with Crippen molar-refractivity contribution >= 4 is 28.1 Å². The van der Waals surface area contributed by atoms with Gasteiger partial charge in [0.2, 0.25) is 0 Å². The maximum absolute atomic E-state index is 13.8. The Morgan fingerprint density at radius 3 is 2.71 bits per heavy atom. The van der Waals surface area contributed by atoms with Crippen LogP contribution in [0.1, 0.15) is 6.92 Å². The molecule has 0 saturated carbocycles. The van der Waals surface area contributed by atoms with Gasteiger partial charge in [0.1, 0.15) is 5.82 Å². The molecule has 7 nitrogen and oxygen atoms in total. The Morgan fingerprint density at radius 1 is 1.48 bits per heavy atom. The van der Waals surface area contributed by atoms with E-state index in [1.54, 1.807) is 6.92 Å². The van der Waals surface area contributed by atoms with E-state index in [4.69, 9.17) is 0 Å². The van der Waals surface area contributed by atoms with Crippen LogP contribution in [0.2, 0.25) is 0 Å². The second kappa shape index (κ2) is 6.65. The lowest BCUT2D eigenvalue weighted by Gasteiger charge is -2.30. The molecular weight excluding hydrogens is 325 g/mol. The zero-order chi connectivity index (χ0) is 14.9. The lowest BCUT2D eigenvalue weighted by molar-refractivity contribution is -0.388. The number of halogens is 2. The van der Waals surface area contributed by atoms with Gasteiger partial charge in [-0.2, -0.15) is 4.31 Å². The van der Waals surface area contributed by atoms with Crippen molar-refractivity contribution in [1.29, 1.82) is 0 Å². The van der Waals surface area contributed by atoms with Gasteiger partial charge in [0.25, 0.3) is 15.7 Å². The SMILES string of the molecule is CC1CN(S(=O)(=O)c2c(F)cccc2[N+](=O)[O-])CCN1.Cl. The molecule has 0 aliphatic carbocycles. The van der Waals surface area contributed by atoms with E-state index in [-0.39, 0.29) is 31.5 Å². The van der Waals surface area contributed by atoms with Crippen molar-refractivity contribution in [2.24, 2.45) is 0 Å². The van der Waals surface area contributed by atoms with Gasteiger partial charge in [-0.3, -0.25) is 10.1 Å². The first kappa shape index (κ1) is 17.8. The van der Waals surface area contributed by atoms with E-state index in [1.165, 1.54) is 0 Å². The van der Waals surface area contributed by atoms with Crippen LogP contribution in [0.5, 0.6) is 0 Å². The van der Waals surface area contributed by atoms with Crippen LogP contribution in [0.4, 0.5) is 10.1 Å². The fourth-order valence-corrected chi connectivity index (χ4v) is 3.87. The molecule has 1 saturated heterocycles. The average Bonchev–Trinajstić information content (AvgIpc) is 2.38. The van der Waals surface area contributed by atoms with Crippen molar-refractivity contribution in [1.82, 2.24) is 9.62 Å². The molecule has 1 aliphatic heterocycles. The van der Waals surface area contributed by atoms with Crippen molar-refractivity contribution in [3.63, 3.8) is 0 Å². The van der Waals surface area contributed by atoms with Crippen LogP contribution in [0, 0.1) is 15.9 Å². The Bertz CT molecular complexity index is 640. The number of piperazine rings is 1. The zero-order valence-electron chi connectivity index (χ0n) is 11.2. The minimum Gasteiger partial charge on any atom is -0.312 e. The molecule has 1 aromatic carbocycles. The lowest BCUT2D eigenvalue weighted by Crippen LogP contribution is -2.51. The Hall–Kier alpha value is -1.29. The second-order valence-electron chi connectivity index (χ2n) is 4.56. The molecule has 1 N–H and O–H groups in total. The summed E-state index contributed by atoms with van der Waals surface area (Å²) in [5, 5.41) is 14.0. The number of nitro benzene ring substituents is 1. The Kier molecular flexibility index (Phi) is 5.62. The Labute approximate surface area is 127 Å². The van der Waals surface area contributed by atoms with Gasteiger partial charge >= 0.3 is 0 Å². The summed E-state index contributed by atoms with van der Waals surface area (Å²) in [5.41, 5.74) is -0.740. The molecular formula is C11H15ClFN3O4S. The molecule has 1 aromatic rings. The zero-order valence-corrected chi connectivity index (χ0v) is 12.8. The number of sulfonamides is 1. The highest BCUT2D eigenvalue weighted by molar-refractivity contribution is 7.89. The Morgan fingerprint density at radius 2 is 2.14 bits per heavy atom. The first-order valence-electron chi connectivity index (χ1n) is 6.00. The molecule has 1 aliphatic rings. The molecule has 1 unspecified atom stereocenters. The first-order valence-corrected chi connectivity index (χ1v) is 7.44.